The molecule has 1 nitrogen and oxygen atoms in total. The van der Waals surface area contributed by atoms with Gasteiger partial charge in [0.25, 0.3) is 0 Å². The number of alkyl halides is 1. The molecule has 0 aromatic rings. The van der Waals surface area contributed by atoms with Crippen LogP contribution in [-0.4, -0.2) is 12.5 Å². The van der Waals surface area contributed by atoms with Crippen LogP contribution < -0.4 is 0 Å². The maximum Gasteiger partial charge on any atom is 0.235 e. The summed E-state index contributed by atoms with van der Waals surface area (Å²) in [6, 6.07) is 0. The molecule has 62 valence electrons. The molecule has 1 unspecified atom stereocenters. The summed E-state index contributed by atoms with van der Waals surface area (Å²) in [6.07, 6.45) is 3.47. The summed E-state index contributed by atoms with van der Waals surface area (Å²) >= 11 is 0. The summed E-state index contributed by atoms with van der Waals surface area (Å²) in [5.41, 5.74) is 0. The number of hydrogen-bond acceptors (Lipinski definition) is 1. The zero-order valence-electron chi connectivity index (χ0n) is 6.31. The van der Waals surface area contributed by atoms with E-state index >= 15 is 0 Å². The van der Waals surface area contributed by atoms with Gasteiger partial charge in [-0.3, -0.25) is 0 Å². The Kier molecular flexibility index (Phi) is 2.39. The highest BCUT2D eigenvalue weighted by Gasteiger charge is 2.30. The first-order valence-electron chi connectivity index (χ1n) is 3.53. The van der Waals surface area contributed by atoms with E-state index in [0.717, 1.165) is 0 Å². The smallest absolute Gasteiger partial charge is 0.235 e. The van der Waals surface area contributed by atoms with Crippen molar-refractivity contribution in [2.24, 2.45) is 0 Å². The summed E-state index contributed by atoms with van der Waals surface area (Å²) in [6.45, 7) is 1.92. The molecule has 3 heteroatoms. The lowest BCUT2D eigenvalue weighted by atomic mass is 10.1. The van der Waals surface area contributed by atoms with E-state index in [1.165, 1.54) is 18.2 Å². The van der Waals surface area contributed by atoms with Crippen LogP contribution >= 0.6 is 0 Å². The van der Waals surface area contributed by atoms with Gasteiger partial charge in [-0.25, -0.2) is 8.78 Å². The molecule has 0 saturated carbocycles. The van der Waals surface area contributed by atoms with E-state index in [1.54, 1.807) is 6.92 Å². The molecule has 0 aromatic carbocycles. The Morgan fingerprint density at radius 3 is 3.00 bits per heavy atom. The van der Waals surface area contributed by atoms with Crippen LogP contribution in [0.25, 0.3) is 0 Å². The number of halogens is 2. The molecule has 1 atom stereocenters. The van der Waals surface area contributed by atoms with Crippen molar-refractivity contribution < 1.29 is 13.5 Å². The van der Waals surface area contributed by atoms with E-state index in [1.807, 2.05) is 0 Å². The van der Waals surface area contributed by atoms with Crippen LogP contribution in [0.15, 0.2) is 24.1 Å². The summed E-state index contributed by atoms with van der Waals surface area (Å²) in [4.78, 5) is 0. The Morgan fingerprint density at radius 2 is 2.45 bits per heavy atom. The van der Waals surface area contributed by atoms with Crippen molar-refractivity contribution in [1.29, 1.82) is 0 Å². The fraction of sp³-hybridized carbons (Fsp3) is 0.500. The minimum atomic E-state index is -1.92. The van der Waals surface area contributed by atoms with E-state index in [4.69, 9.17) is 4.74 Å². The van der Waals surface area contributed by atoms with Gasteiger partial charge in [-0.1, -0.05) is 6.08 Å². The van der Waals surface area contributed by atoms with Crippen LogP contribution in [0.2, 0.25) is 0 Å². The molecule has 0 aromatic heterocycles. The molecule has 11 heavy (non-hydrogen) atoms. The van der Waals surface area contributed by atoms with Gasteiger partial charge >= 0.3 is 0 Å². The molecule has 0 spiro atoms. The van der Waals surface area contributed by atoms with Crippen molar-refractivity contribution in [3.8, 4) is 0 Å². The average Bonchev–Trinajstić information content (AvgIpc) is 1.86. The van der Waals surface area contributed by atoms with Gasteiger partial charge in [0.15, 0.2) is 0 Å². The van der Waals surface area contributed by atoms with Crippen LogP contribution in [0.3, 0.4) is 0 Å². The molecule has 0 radical (unpaired) electrons. The Morgan fingerprint density at radius 1 is 1.73 bits per heavy atom. The Bertz CT molecular complexity index is 198. The molecule has 0 N–H and O–H groups in total. The Hall–Kier alpha value is -0.700. The van der Waals surface area contributed by atoms with Gasteiger partial charge in [-0.2, -0.15) is 0 Å². The van der Waals surface area contributed by atoms with Gasteiger partial charge in [0.2, 0.25) is 5.85 Å². The molecule has 0 saturated heterocycles. The molecular formula is C8H10F2O. The van der Waals surface area contributed by atoms with Crippen LogP contribution in [-0.2, 0) is 4.74 Å². The van der Waals surface area contributed by atoms with Crippen LogP contribution in [0.4, 0.5) is 8.78 Å². The minimum Gasteiger partial charge on any atom is -0.343 e. The predicted octanol–water partition coefficient (Wildman–Crippen LogP) is 2.50. The van der Waals surface area contributed by atoms with E-state index in [9.17, 15) is 8.78 Å². The highest BCUT2D eigenvalue weighted by atomic mass is 19.2. The molecular weight excluding hydrogens is 150 g/mol. The zero-order chi connectivity index (χ0) is 8.32. The number of allylic oxidation sites excluding steroid dienone is 2. The molecule has 0 heterocycles. The average molecular weight is 160 g/mol. The molecule has 1 aliphatic rings. The number of hydrogen-bond donors (Lipinski definition) is 0. The summed E-state index contributed by atoms with van der Waals surface area (Å²) in [5.74, 6) is -2.41. The van der Waals surface area contributed by atoms with E-state index in [2.05, 4.69) is 0 Å². The second-order valence-electron chi connectivity index (χ2n) is 2.37. The third-order valence-corrected chi connectivity index (χ3v) is 1.42. The van der Waals surface area contributed by atoms with Gasteiger partial charge in [0, 0.05) is 6.61 Å². The van der Waals surface area contributed by atoms with Crippen LogP contribution in [0, 0.1) is 0 Å². The van der Waals surface area contributed by atoms with Gasteiger partial charge < -0.3 is 4.74 Å². The van der Waals surface area contributed by atoms with Crippen molar-refractivity contribution >= 4 is 0 Å². The normalized spacial score (nSPS) is 30.3. The number of rotatable bonds is 2. The lowest BCUT2D eigenvalue weighted by Gasteiger charge is -2.22. The first kappa shape index (κ1) is 8.40. The first-order valence-corrected chi connectivity index (χ1v) is 3.53. The van der Waals surface area contributed by atoms with Gasteiger partial charge in [0.1, 0.15) is 5.83 Å². The van der Waals surface area contributed by atoms with Crippen molar-refractivity contribution in [1.82, 2.24) is 0 Å². The second kappa shape index (κ2) is 3.13. The van der Waals surface area contributed by atoms with Crippen molar-refractivity contribution in [3.05, 3.63) is 24.1 Å². The van der Waals surface area contributed by atoms with Gasteiger partial charge in [-0.05, 0) is 19.1 Å². The maximum absolute atomic E-state index is 13.2. The molecule has 0 aliphatic heterocycles. The highest BCUT2D eigenvalue weighted by molar-refractivity contribution is 5.18. The summed E-state index contributed by atoms with van der Waals surface area (Å²) in [5, 5.41) is 0. The predicted molar refractivity (Wildman–Crippen MR) is 38.4 cm³/mol. The molecule has 0 amide bonds. The van der Waals surface area contributed by atoms with Crippen molar-refractivity contribution in [2.75, 3.05) is 6.61 Å². The van der Waals surface area contributed by atoms with E-state index in [-0.39, 0.29) is 13.0 Å². The molecule has 0 fully saturated rings. The highest BCUT2D eigenvalue weighted by Crippen LogP contribution is 2.28. The van der Waals surface area contributed by atoms with Crippen LogP contribution in [0.1, 0.15) is 13.3 Å². The third kappa shape index (κ3) is 2.12. The van der Waals surface area contributed by atoms with Gasteiger partial charge in [-0.15, -0.1) is 0 Å². The fourth-order valence-electron chi connectivity index (χ4n) is 0.983. The molecule has 1 rings (SSSR count). The second-order valence-corrected chi connectivity index (χ2v) is 2.37. The monoisotopic (exact) mass is 160 g/mol. The van der Waals surface area contributed by atoms with Crippen molar-refractivity contribution in [2.45, 2.75) is 19.2 Å². The fourth-order valence-corrected chi connectivity index (χ4v) is 0.983. The third-order valence-electron chi connectivity index (χ3n) is 1.42. The Labute approximate surface area is 64.4 Å². The molecule has 1 aliphatic carbocycles. The Balaban J connectivity index is 2.62. The zero-order valence-corrected chi connectivity index (χ0v) is 6.31. The molecule has 0 bridgehead atoms. The minimum absolute atomic E-state index is 0.244. The van der Waals surface area contributed by atoms with Crippen LogP contribution in [0.5, 0.6) is 0 Å². The summed E-state index contributed by atoms with van der Waals surface area (Å²) in [7, 11) is 0. The van der Waals surface area contributed by atoms with E-state index < -0.39 is 11.7 Å². The lowest BCUT2D eigenvalue weighted by Crippen LogP contribution is -2.25. The quantitative estimate of drug-likeness (QED) is 0.603. The first-order chi connectivity index (χ1) is 5.16. The topological polar surface area (TPSA) is 9.23 Å². The SMILES string of the molecule is CCOC1(F)C=CC=C(F)C1. The van der Waals surface area contributed by atoms with Crippen molar-refractivity contribution in [3.63, 3.8) is 0 Å². The summed E-state index contributed by atoms with van der Waals surface area (Å²) < 4.78 is 30.4. The van der Waals surface area contributed by atoms with Gasteiger partial charge in [0.05, 0.1) is 6.42 Å². The maximum atomic E-state index is 13.2. The lowest BCUT2D eigenvalue weighted by molar-refractivity contribution is -0.104. The largest absolute Gasteiger partial charge is 0.343 e. The van der Waals surface area contributed by atoms with E-state index in [0.29, 0.717) is 0 Å². The standard InChI is InChI=1S/C8H10F2O/c1-2-11-8(10)5-3-4-7(9)6-8/h3-5H,2,6H2,1H3. The number of ether oxygens (including phenoxy) is 1.